The Morgan fingerprint density at radius 1 is 1.14 bits per heavy atom. The van der Waals surface area contributed by atoms with Gasteiger partial charge in [-0.15, -0.1) is 11.8 Å². The van der Waals surface area contributed by atoms with Crippen LogP contribution in [0.2, 0.25) is 0 Å². The van der Waals surface area contributed by atoms with Gasteiger partial charge in [0.2, 0.25) is 0 Å². The Labute approximate surface area is 136 Å². The Morgan fingerprint density at radius 2 is 1.95 bits per heavy atom. The molecule has 0 radical (unpaired) electrons. The first-order valence-corrected chi connectivity index (χ1v) is 8.24. The van der Waals surface area contributed by atoms with Crippen LogP contribution in [0, 0.1) is 0 Å². The van der Waals surface area contributed by atoms with Gasteiger partial charge in [0.05, 0.1) is 11.0 Å². The van der Waals surface area contributed by atoms with Crippen molar-refractivity contribution in [1.82, 2.24) is 5.43 Å². The van der Waals surface area contributed by atoms with Crippen LogP contribution in [0.3, 0.4) is 0 Å². The van der Waals surface area contributed by atoms with Crippen molar-refractivity contribution in [3.63, 3.8) is 0 Å². The molecule has 106 valence electrons. The van der Waals surface area contributed by atoms with E-state index in [-0.39, 0.29) is 11.2 Å². The number of carbonyl (C=O) groups excluding carboxylic acids is 1. The van der Waals surface area contributed by atoms with E-state index in [1.54, 1.807) is 11.8 Å². The molecule has 3 nitrogen and oxygen atoms in total. The van der Waals surface area contributed by atoms with Crippen molar-refractivity contribution in [2.45, 2.75) is 16.6 Å². The van der Waals surface area contributed by atoms with E-state index in [2.05, 4.69) is 26.5 Å². The van der Waals surface area contributed by atoms with Crippen LogP contribution in [-0.2, 0) is 4.79 Å². The molecule has 0 bridgehead atoms. The number of hydrogen-bond donors (Lipinski definition) is 1. The molecule has 1 unspecified atom stereocenters. The zero-order valence-electron chi connectivity index (χ0n) is 11.1. The molecule has 1 heterocycles. The third-order valence-corrected chi connectivity index (χ3v) is 4.85. The molecule has 0 aromatic heterocycles. The van der Waals surface area contributed by atoms with Crippen LogP contribution in [0.15, 0.2) is 69.1 Å². The zero-order valence-corrected chi connectivity index (χ0v) is 13.5. The van der Waals surface area contributed by atoms with E-state index in [0.29, 0.717) is 6.42 Å². The van der Waals surface area contributed by atoms with Crippen LogP contribution in [-0.4, -0.2) is 16.9 Å². The fourth-order valence-corrected chi connectivity index (χ4v) is 3.56. The number of halogens is 1. The van der Waals surface area contributed by atoms with Gasteiger partial charge in [0.25, 0.3) is 5.91 Å². The number of amides is 1. The topological polar surface area (TPSA) is 41.5 Å². The van der Waals surface area contributed by atoms with Gasteiger partial charge in [0, 0.05) is 15.8 Å². The zero-order chi connectivity index (χ0) is 14.7. The summed E-state index contributed by atoms with van der Waals surface area (Å²) in [6, 6.07) is 17.9. The Bertz CT molecular complexity index is 688. The molecular weight excluding hydrogens is 348 g/mol. The van der Waals surface area contributed by atoms with Crippen molar-refractivity contribution >= 4 is 39.3 Å². The van der Waals surface area contributed by atoms with E-state index < -0.39 is 0 Å². The monoisotopic (exact) mass is 360 g/mol. The van der Waals surface area contributed by atoms with Gasteiger partial charge in [0.15, 0.2) is 0 Å². The molecule has 2 aromatic rings. The van der Waals surface area contributed by atoms with Crippen LogP contribution >= 0.6 is 27.7 Å². The molecule has 2 aromatic carbocycles. The highest BCUT2D eigenvalue weighted by Crippen LogP contribution is 2.28. The molecule has 0 aliphatic carbocycles. The minimum atomic E-state index is -0.154. The second-order valence-electron chi connectivity index (χ2n) is 4.67. The van der Waals surface area contributed by atoms with E-state index >= 15 is 0 Å². The van der Waals surface area contributed by atoms with Crippen molar-refractivity contribution < 1.29 is 4.79 Å². The quantitative estimate of drug-likeness (QED) is 0.903. The lowest BCUT2D eigenvalue weighted by Gasteiger charge is -2.21. The maximum absolute atomic E-state index is 12.0. The number of thioether (sulfide) groups is 1. The third-order valence-electron chi connectivity index (χ3n) is 3.15. The number of benzene rings is 2. The van der Waals surface area contributed by atoms with Gasteiger partial charge in [-0.2, -0.15) is 5.10 Å². The Morgan fingerprint density at radius 3 is 2.71 bits per heavy atom. The van der Waals surface area contributed by atoms with Gasteiger partial charge < -0.3 is 0 Å². The minimum Gasteiger partial charge on any atom is -0.272 e. The summed E-state index contributed by atoms with van der Waals surface area (Å²) in [4.78, 5) is 13.1. The average Bonchev–Trinajstić information content (AvgIpc) is 2.50. The molecule has 1 amide bonds. The SMILES string of the molecule is O=C1NN=C(c2cccc(Br)c2)CC1Sc1ccccc1. The van der Waals surface area contributed by atoms with Crippen LogP contribution in [0.1, 0.15) is 12.0 Å². The summed E-state index contributed by atoms with van der Waals surface area (Å²) in [6.07, 6.45) is 0.627. The molecular formula is C16H13BrN2OS. The normalized spacial score (nSPS) is 18.0. The fourth-order valence-electron chi connectivity index (χ4n) is 2.12. The van der Waals surface area contributed by atoms with E-state index in [9.17, 15) is 4.79 Å². The molecule has 1 aliphatic rings. The Kier molecular flexibility index (Phi) is 4.41. The van der Waals surface area contributed by atoms with Crippen LogP contribution < -0.4 is 5.43 Å². The van der Waals surface area contributed by atoms with Crippen molar-refractivity contribution in [1.29, 1.82) is 0 Å². The number of carbonyl (C=O) groups is 1. The molecule has 21 heavy (non-hydrogen) atoms. The largest absolute Gasteiger partial charge is 0.272 e. The van der Waals surface area contributed by atoms with Gasteiger partial charge in [-0.1, -0.05) is 46.3 Å². The first-order valence-electron chi connectivity index (χ1n) is 6.56. The van der Waals surface area contributed by atoms with E-state index in [1.165, 1.54) is 0 Å². The number of hydrogen-bond acceptors (Lipinski definition) is 3. The lowest BCUT2D eigenvalue weighted by molar-refractivity contribution is -0.120. The first-order chi connectivity index (χ1) is 10.2. The van der Waals surface area contributed by atoms with Gasteiger partial charge in [-0.05, 0) is 29.8 Å². The summed E-state index contributed by atoms with van der Waals surface area (Å²) in [5, 5.41) is 4.04. The van der Waals surface area contributed by atoms with E-state index in [4.69, 9.17) is 0 Å². The number of rotatable bonds is 3. The molecule has 0 spiro atoms. The van der Waals surface area contributed by atoms with Crippen LogP contribution in [0.25, 0.3) is 0 Å². The third kappa shape index (κ3) is 3.54. The highest BCUT2D eigenvalue weighted by atomic mass is 79.9. The summed E-state index contributed by atoms with van der Waals surface area (Å²) in [5.74, 6) is -0.0393. The Balaban J connectivity index is 1.79. The van der Waals surface area contributed by atoms with Gasteiger partial charge in [-0.25, -0.2) is 5.43 Å². The molecule has 3 rings (SSSR count). The molecule has 1 N–H and O–H groups in total. The molecule has 5 heteroatoms. The van der Waals surface area contributed by atoms with Crippen LogP contribution in [0.5, 0.6) is 0 Å². The fraction of sp³-hybridized carbons (Fsp3) is 0.125. The van der Waals surface area contributed by atoms with Gasteiger partial charge in [-0.3, -0.25) is 4.79 Å². The standard InChI is InChI=1S/C16H13BrN2OS/c17-12-6-4-5-11(9-12)14-10-15(16(20)19-18-14)21-13-7-2-1-3-8-13/h1-9,15H,10H2,(H,19,20). The molecule has 0 saturated heterocycles. The lowest BCUT2D eigenvalue weighted by atomic mass is 10.0. The smallest absolute Gasteiger partial charge is 0.253 e. The molecule has 1 aliphatic heterocycles. The van der Waals surface area contributed by atoms with Crippen molar-refractivity contribution in [2.75, 3.05) is 0 Å². The van der Waals surface area contributed by atoms with Crippen molar-refractivity contribution in [3.8, 4) is 0 Å². The maximum Gasteiger partial charge on any atom is 0.253 e. The molecule has 1 atom stereocenters. The molecule has 0 saturated carbocycles. The second kappa shape index (κ2) is 6.45. The predicted octanol–water partition coefficient (Wildman–Crippen LogP) is 3.83. The van der Waals surface area contributed by atoms with Crippen LogP contribution in [0.4, 0.5) is 0 Å². The van der Waals surface area contributed by atoms with Crippen molar-refractivity contribution in [3.05, 3.63) is 64.6 Å². The highest BCUT2D eigenvalue weighted by molar-refractivity contribution is 9.10. The van der Waals surface area contributed by atoms with Gasteiger partial charge >= 0.3 is 0 Å². The van der Waals surface area contributed by atoms with E-state index in [1.807, 2.05) is 54.6 Å². The second-order valence-corrected chi connectivity index (χ2v) is 6.86. The average molecular weight is 361 g/mol. The van der Waals surface area contributed by atoms with Crippen molar-refractivity contribution in [2.24, 2.45) is 5.10 Å². The number of nitrogens with zero attached hydrogens (tertiary/aromatic N) is 1. The molecule has 0 fully saturated rings. The van der Waals surface area contributed by atoms with Gasteiger partial charge in [0.1, 0.15) is 0 Å². The summed E-state index contributed by atoms with van der Waals surface area (Å²) in [5.41, 5.74) is 4.57. The summed E-state index contributed by atoms with van der Waals surface area (Å²) in [6.45, 7) is 0. The number of hydrazone groups is 1. The van der Waals surface area contributed by atoms with E-state index in [0.717, 1.165) is 20.6 Å². The summed E-state index contributed by atoms with van der Waals surface area (Å²) in [7, 11) is 0. The highest BCUT2D eigenvalue weighted by Gasteiger charge is 2.26. The Hall–Kier alpha value is -1.59. The summed E-state index contributed by atoms with van der Waals surface area (Å²) < 4.78 is 1.01. The lowest BCUT2D eigenvalue weighted by Crippen LogP contribution is -2.36. The first kappa shape index (κ1) is 14.4. The predicted molar refractivity (Wildman–Crippen MR) is 89.5 cm³/mol. The number of nitrogens with one attached hydrogen (secondary N) is 1. The maximum atomic E-state index is 12.0. The minimum absolute atomic E-state index is 0.0393. The summed E-state index contributed by atoms with van der Waals surface area (Å²) >= 11 is 5.03.